The smallest absolute Gasteiger partial charge is 0.236 e. The van der Waals surface area contributed by atoms with Gasteiger partial charge in [-0.15, -0.1) is 6.42 Å². The topological polar surface area (TPSA) is 63.2 Å². The van der Waals surface area contributed by atoms with Gasteiger partial charge in [-0.05, 0) is 33.6 Å². The molecule has 6 nitrogen and oxygen atoms in total. The standard InChI is InChI=1S/C14H18O6/c1-6-7(15)8-9-10(18-13(2,3)17-9)11-12(16-8)20-14(4,5)19-11/h1,8-12H,2-5H3/t8-,9+,10+,11+,12-/m0/s1. The Morgan fingerprint density at radius 1 is 0.950 bits per heavy atom. The highest BCUT2D eigenvalue weighted by molar-refractivity contribution is 5.99. The van der Waals surface area contributed by atoms with Crippen LogP contribution in [0.5, 0.6) is 0 Å². The maximum Gasteiger partial charge on any atom is 0.236 e. The third-order valence-corrected chi connectivity index (χ3v) is 3.56. The normalized spacial score (nSPS) is 44.5. The summed E-state index contributed by atoms with van der Waals surface area (Å²) in [4.78, 5) is 11.9. The first-order chi connectivity index (χ1) is 9.22. The summed E-state index contributed by atoms with van der Waals surface area (Å²) >= 11 is 0. The van der Waals surface area contributed by atoms with E-state index in [4.69, 9.17) is 30.1 Å². The molecule has 3 fully saturated rings. The molecule has 0 saturated carbocycles. The minimum atomic E-state index is -0.898. The zero-order valence-corrected chi connectivity index (χ0v) is 11.9. The number of Topliss-reactive ketones (excluding diaryl/α,β-unsaturated/α-hetero) is 1. The van der Waals surface area contributed by atoms with E-state index in [0.29, 0.717) is 0 Å². The van der Waals surface area contributed by atoms with Crippen LogP contribution in [0.3, 0.4) is 0 Å². The van der Waals surface area contributed by atoms with E-state index in [1.165, 1.54) is 0 Å². The highest BCUT2D eigenvalue weighted by Gasteiger charge is 2.61. The lowest BCUT2D eigenvalue weighted by molar-refractivity contribution is -0.228. The van der Waals surface area contributed by atoms with E-state index in [0.717, 1.165) is 0 Å². The Bertz CT molecular complexity index is 477. The molecule has 6 heteroatoms. The SMILES string of the molecule is C#CC(=O)[C@@H]1O[C@H]2OC(C)(C)O[C@@H]2[C@@H]2OC(C)(C)O[C@@H]21. The number of terminal acetylenes is 1. The molecule has 110 valence electrons. The van der Waals surface area contributed by atoms with E-state index in [-0.39, 0.29) is 0 Å². The maximum atomic E-state index is 11.9. The van der Waals surface area contributed by atoms with Gasteiger partial charge in [-0.1, -0.05) is 0 Å². The van der Waals surface area contributed by atoms with Crippen LogP contribution in [0.2, 0.25) is 0 Å². The monoisotopic (exact) mass is 282 g/mol. The maximum absolute atomic E-state index is 11.9. The fourth-order valence-electron chi connectivity index (χ4n) is 2.91. The summed E-state index contributed by atoms with van der Waals surface area (Å²) in [7, 11) is 0. The Kier molecular flexibility index (Phi) is 2.98. The van der Waals surface area contributed by atoms with Gasteiger partial charge >= 0.3 is 0 Å². The average Bonchev–Trinajstić information content (AvgIpc) is 2.81. The third kappa shape index (κ3) is 2.16. The van der Waals surface area contributed by atoms with E-state index in [9.17, 15) is 4.79 Å². The number of hydrogen-bond acceptors (Lipinski definition) is 6. The fourth-order valence-corrected chi connectivity index (χ4v) is 2.91. The first kappa shape index (κ1) is 14.0. The Morgan fingerprint density at radius 3 is 2.15 bits per heavy atom. The van der Waals surface area contributed by atoms with Crippen LogP contribution in [0.25, 0.3) is 0 Å². The predicted octanol–water partition coefficient (Wildman–Crippen LogP) is 0.585. The van der Waals surface area contributed by atoms with Crippen molar-refractivity contribution < 1.29 is 28.5 Å². The molecule has 0 aromatic rings. The van der Waals surface area contributed by atoms with Crippen LogP contribution < -0.4 is 0 Å². The van der Waals surface area contributed by atoms with E-state index in [1.54, 1.807) is 27.7 Å². The summed E-state index contributed by atoms with van der Waals surface area (Å²) in [5, 5.41) is 0. The second kappa shape index (κ2) is 4.26. The van der Waals surface area contributed by atoms with E-state index in [1.807, 2.05) is 0 Å². The van der Waals surface area contributed by atoms with Crippen LogP contribution in [0.1, 0.15) is 27.7 Å². The number of carbonyl (C=O) groups excluding carboxylic acids is 1. The van der Waals surface area contributed by atoms with Crippen LogP contribution in [-0.2, 0) is 28.5 Å². The summed E-state index contributed by atoms with van der Waals surface area (Å²) in [6, 6.07) is 0. The van der Waals surface area contributed by atoms with Gasteiger partial charge in [0.05, 0.1) is 0 Å². The van der Waals surface area contributed by atoms with Crippen molar-refractivity contribution >= 4 is 5.78 Å². The van der Waals surface area contributed by atoms with Crippen LogP contribution in [-0.4, -0.2) is 48.1 Å². The lowest BCUT2D eigenvalue weighted by Crippen LogP contribution is -2.57. The molecule has 3 aliphatic heterocycles. The summed E-state index contributed by atoms with van der Waals surface area (Å²) < 4.78 is 28.7. The van der Waals surface area contributed by atoms with Crippen molar-refractivity contribution in [2.75, 3.05) is 0 Å². The van der Waals surface area contributed by atoms with Gasteiger partial charge in [0.2, 0.25) is 5.78 Å². The first-order valence-electron chi connectivity index (χ1n) is 6.60. The average molecular weight is 282 g/mol. The first-order valence-corrected chi connectivity index (χ1v) is 6.60. The molecule has 0 aromatic heterocycles. The van der Waals surface area contributed by atoms with Gasteiger partial charge in [0.1, 0.15) is 18.3 Å². The quantitative estimate of drug-likeness (QED) is 0.518. The Hall–Kier alpha value is -0.970. The van der Waals surface area contributed by atoms with Gasteiger partial charge in [0, 0.05) is 0 Å². The summed E-state index contributed by atoms with van der Waals surface area (Å²) in [6.07, 6.45) is 2.12. The van der Waals surface area contributed by atoms with Gasteiger partial charge in [-0.2, -0.15) is 0 Å². The van der Waals surface area contributed by atoms with Crippen molar-refractivity contribution in [3.8, 4) is 12.3 Å². The largest absolute Gasteiger partial charge is 0.342 e. The number of carbonyl (C=O) groups is 1. The molecular formula is C14H18O6. The molecule has 5 atom stereocenters. The molecule has 3 heterocycles. The van der Waals surface area contributed by atoms with Gasteiger partial charge in [-0.25, -0.2) is 0 Å². The molecule has 3 saturated heterocycles. The van der Waals surface area contributed by atoms with Crippen LogP contribution in [0.4, 0.5) is 0 Å². The summed E-state index contributed by atoms with van der Waals surface area (Å²) in [6.45, 7) is 7.11. The van der Waals surface area contributed by atoms with Crippen molar-refractivity contribution in [1.82, 2.24) is 0 Å². The van der Waals surface area contributed by atoms with Crippen molar-refractivity contribution in [3.05, 3.63) is 0 Å². The highest BCUT2D eigenvalue weighted by atomic mass is 16.9. The Balaban J connectivity index is 1.92. The van der Waals surface area contributed by atoms with Crippen LogP contribution in [0, 0.1) is 12.3 Å². The third-order valence-electron chi connectivity index (χ3n) is 3.56. The minimum Gasteiger partial charge on any atom is -0.342 e. The lowest BCUT2D eigenvalue weighted by atomic mass is 9.96. The zero-order valence-electron chi connectivity index (χ0n) is 11.9. The zero-order chi connectivity index (χ0) is 14.7. The molecule has 0 amide bonds. The number of rotatable bonds is 1. The lowest BCUT2D eigenvalue weighted by Gasteiger charge is -2.35. The van der Waals surface area contributed by atoms with E-state index >= 15 is 0 Å². The predicted molar refractivity (Wildman–Crippen MR) is 66.4 cm³/mol. The van der Waals surface area contributed by atoms with Gasteiger partial charge < -0.3 is 23.7 Å². The number of fused-ring (bicyclic) bond motifs is 3. The molecule has 20 heavy (non-hydrogen) atoms. The van der Waals surface area contributed by atoms with Crippen LogP contribution >= 0.6 is 0 Å². The summed E-state index contributed by atoms with van der Waals surface area (Å²) in [5.74, 6) is -0.0234. The van der Waals surface area contributed by atoms with Crippen molar-refractivity contribution in [2.24, 2.45) is 0 Å². The molecule has 0 aliphatic carbocycles. The number of ether oxygens (including phenoxy) is 5. The van der Waals surface area contributed by atoms with E-state index < -0.39 is 48.1 Å². The molecule has 0 N–H and O–H groups in total. The van der Waals surface area contributed by atoms with Gasteiger partial charge in [0.25, 0.3) is 0 Å². The molecule has 0 unspecified atom stereocenters. The van der Waals surface area contributed by atoms with Gasteiger partial charge in [0.15, 0.2) is 24.0 Å². The molecule has 0 aromatic carbocycles. The second-order valence-corrected chi connectivity index (χ2v) is 6.10. The Morgan fingerprint density at radius 2 is 1.50 bits per heavy atom. The molecule has 0 bridgehead atoms. The molecule has 0 spiro atoms. The van der Waals surface area contributed by atoms with Crippen LogP contribution in [0.15, 0.2) is 0 Å². The molecule has 3 rings (SSSR count). The molecular weight excluding hydrogens is 264 g/mol. The van der Waals surface area contributed by atoms with Crippen molar-refractivity contribution in [3.63, 3.8) is 0 Å². The second-order valence-electron chi connectivity index (χ2n) is 6.10. The minimum absolute atomic E-state index is 0.446. The van der Waals surface area contributed by atoms with Crippen molar-refractivity contribution in [2.45, 2.75) is 70.0 Å². The Labute approximate surface area is 117 Å². The molecule has 3 aliphatic rings. The number of ketones is 1. The fraction of sp³-hybridized carbons (Fsp3) is 0.786. The van der Waals surface area contributed by atoms with Crippen molar-refractivity contribution in [1.29, 1.82) is 0 Å². The number of hydrogen-bond donors (Lipinski definition) is 0. The molecule has 0 radical (unpaired) electrons. The summed E-state index contributed by atoms with van der Waals surface area (Å²) in [5.41, 5.74) is 0. The highest BCUT2D eigenvalue weighted by Crippen LogP contribution is 2.44. The van der Waals surface area contributed by atoms with E-state index in [2.05, 4.69) is 5.92 Å². The van der Waals surface area contributed by atoms with Gasteiger partial charge in [-0.3, -0.25) is 4.79 Å².